The number of nitrogens with one attached hydrogen (secondary N) is 1. The van der Waals surface area contributed by atoms with Crippen molar-refractivity contribution in [3.05, 3.63) is 0 Å². The van der Waals surface area contributed by atoms with E-state index < -0.39 is 192 Å². The molecular weight excluding hydrogens is 814 g/mol. The van der Waals surface area contributed by atoms with Crippen LogP contribution in [-0.4, -0.2) is 274 Å². The topological polar surface area (TPSA) is 436 Å². The van der Waals surface area contributed by atoms with Crippen LogP contribution in [0.1, 0.15) is 6.92 Å². The van der Waals surface area contributed by atoms with E-state index in [9.17, 15) is 86.5 Å². The van der Waals surface area contributed by atoms with Crippen LogP contribution in [0, 0.1) is 0 Å². The van der Waals surface area contributed by atoms with Gasteiger partial charge in [-0.1, -0.05) is 0 Å². The third-order valence-corrected chi connectivity index (χ3v) is 10.7. The lowest BCUT2D eigenvalue weighted by Crippen LogP contribution is -2.69. The van der Waals surface area contributed by atoms with Crippen molar-refractivity contribution >= 4 is 5.91 Å². The van der Waals surface area contributed by atoms with E-state index in [0.717, 1.165) is 6.92 Å². The second kappa shape index (κ2) is 20.8. The zero-order valence-corrected chi connectivity index (χ0v) is 31.2. The molecule has 0 aliphatic carbocycles. The summed E-state index contributed by atoms with van der Waals surface area (Å²) >= 11 is 0. The highest BCUT2D eigenvalue weighted by Gasteiger charge is 2.55. The van der Waals surface area contributed by atoms with Gasteiger partial charge in [0.2, 0.25) is 5.91 Å². The fourth-order valence-electron chi connectivity index (χ4n) is 7.31. The van der Waals surface area contributed by atoms with Crippen molar-refractivity contribution in [1.82, 2.24) is 5.32 Å². The maximum atomic E-state index is 12.3. The first-order chi connectivity index (χ1) is 27.9. The predicted molar refractivity (Wildman–Crippen MR) is 178 cm³/mol. The average molecular weight is 870 g/mol. The van der Waals surface area contributed by atoms with Gasteiger partial charge in [0.15, 0.2) is 31.5 Å². The number of aliphatic hydroxyl groups is 16. The Morgan fingerprint density at radius 1 is 0.441 bits per heavy atom. The summed E-state index contributed by atoms with van der Waals surface area (Å²) in [6.45, 7) is -3.35. The lowest BCUT2D eigenvalue weighted by atomic mass is 9.94. The molecule has 5 saturated heterocycles. The summed E-state index contributed by atoms with van der Waals surface area (Å²) in [5.41, 5.74) is 0. The van der Waals surface area contributed by atoms with Crippen LogP contribution in [0.3, 0.4) is 0 Å². The third-order valence-electron chi connectivity index (χ3n) is 10.7. The Labute approximate surface area is 333 Å². The van der Waals surface area contributed by atoms with Gasteiger partial charge in [-0.2, -0.15) is 0 Å². The standard InChI is InChI=1S/C32H55NO26/c1-7(38)33-13-17(42)25(58-30-23(48)18(43)14(39)8(2-34)53-30)11(5-37)56-29(13)57-26-12(52-28(50)22(47)21(26)46)6-51-32-27(20(45)16(41)10(4-36)55-32)59-31-24(49)19(44)15(40)9(3-35)54-31/h8-32,34-37,39-50H,2-6H2,1H3,(H,33,38)/t8?,9?,10?,11?,12?,13-,14+,15+,16+,17?,18-,19-,20-,21?,22+,23?,24?,25-,26+,27?,28-,29-,30+,31+,32-/m0/s1. The van der Waals surface area contributed by atoms with Gasteiger partial charge in [-0.15, -0.1) is 0 Å². The lowest BCUT2D eigenvalue weighted by Gasteiger charge is -2.49. The van der Waals surface area contributed by atoms with Crippen LogP contribution in [0.4, 0.5) is 0 Å². The normalized spacial score (nSPS) is 51.0. The number of ether oxygens (including phenoxy) is 9. The van der Waals surface area contributed by atoms with Crippen molar-refractivity contribution in [3.8, 4) is 0 Å². The zero-order chi connectivity index (χ0) is 43.6. The first-order valence-corrected chi connectivity index (χ1v) is 18.6. The van der Waals surface area contributed by atoms with Gasteiger partial charge >= 0.3 is 0 Å². The third kappa shape index (κ3) is 10.3. The maximum Gasteiger partial charge on any atom is 0.217 e. The molecule has 5 fully saturated rings. The first kappa shape index (κ1) is 48.5. The van der Waals surface area contributed by atoms with Crippen LogP contribution in [0.25, 0.3) is 0 Å². The summed E-state index contributed by atoms with van der Waals surface area (Å²) in [6.07, 6.45) is -44.0. The second-order valence-electron chi connectivity index (χ2n) is 14.7. The van der Waals surface area contributed by atoms with Crippen molar-refractivity contribution in [2.75, 3.05) is 33.0 Å². The molecule has 1 amide bonds. The van der Waals surface area contributed by atoms with E-state index >= 15 is 0 Å². The van der Waals surface area contributed by atoms with Gasteiger partial charge in [0.05, 0.1) is 33.0 Å². The minimum Gasteiger partial charge on any atom is -0.394 e. The van der Waals surface area contributed by atoms with Crippen molar-refractivity contribution in [2.45, 2.75) is 160 Å². The van der Waals surface area contributed by atoms with E-state index in [1.165, 1.54) is 0 Å². The molecular formula is C32H55NO26. The van der Waals surface area contributed by atoms with Gasteiger partial charge < -0.3 is 130 Å². The van der Waals surface area contributed by atoms with Crippen molar-refractivity contribution in [1.29, 1.82) is 0 Å². The number of carbonyl (C=O) groups is 1. The van der Waals surface area contributed by atoms with Crippen LogP contribution in [0.2, 0.25) is 0 Å². The van der Waals surface area contributed by atoms with Crippen molar-refractivity contribution in [2.24, 2.45) is 0 Å². The van der Waals surface area contributed by atoms with Crippen molar-refractivity contribution < 1.29 is 129 Å². The lowest BCUT2D eigenvalue weighted by molar-refractivity contribution is -0.379. The molecule has 0 aromatic carbocycles. The SMILES string of the molecule is CC(=O)N[C@H]1C(O)[C@@H](O[C@H]2OC(CO)[C@@H](O)[C@H](O)C2O)C(CO)O[C@H]1O[C@@H]1C(CO[C@H]2OC(CO)[C@@H](O)[C@H](O)C2O[C@H]2OC(CO)[C@@H](O)[C@H](O)C2O)O[C@H](O)[C@H](O)C1O. The zero-order valence-electron chi connectivity index (χ0n) is 31.2. The van der Waals surface area contributed by atoms with Gasteiger partial charge in [0, 0.05) is 6.92 Å². The van der Waals surface area contributed by atoms with Gasteiger partial charge in [-0.3, -0.25) is 4.79 Å². The largest absolute Gasteiger partial charge is 0.394 e. The Morgan fingerprint density at radius 2 is 0.847 bits per heavy atom. The summed E-state index contributed by atoms with van der Waals surface area (Å²) in [5.74, 6) is -0.796. The Hall–Kier alpha value is -1.53. The Morgan fingerprint density at radius 3 is 1.34 bits per heavy atom. The summed E-state index contributed by atoms with van der Waals surface area (Å²) in [4.78, 5) is 12.3. The molecule has 5 aliphatic rings. The quantitative estimate of drug-likeness (QED) is 0.0770. The van der Waals surface area contributed by atoms with E-state index in [2.05, 4.69) is 5.32 Å². The molecule has 5 heterocycles. The molecule has 17 N–H and O–H groups in total. The van der Waals surface area contributed by atoms with E-state index in [1.54, 1.807) is 0 Å². The summed E-state index contributed by atoms with van der Waals surface area (Å²) in [5, 5.41) is 169. The molecule has 5 rings (SSSR count). The molecule has 27 nitrogen and oxygen atoms in total. The minimum absolute atomic E-state index is 0.796. The molecule has 344 valence electrons. The molecule has 5 aliphatic heterocycles. The number of amides is 1. The number of carbonyl (C=O) groups excluding carboxylic acids is 1. The molecule has 0 saturated carbocycles. The maximum absolute atomic E-state index is 12.3. The van der Waals surface area contributed by atoms with Crippen LogP contribution >= 0.6 is 0 Å². The molecule has 0 bridgehead atoms. The number of hydrogen-bond acceptors (Lipinski definition) is 26. The Bertz CT molecular complexity index is 1320. The highest BCUT2D eigenvalue weighted by Crippen LogP contribution is 2.34. The van der Waals surface area contributed by atoms with E-state index in [4.69, 9.17) is 42.6 Å². The molecule has 0 radical (unpaired) electrons. The number of hydrogen-bond donors (Lipinski definition) is 17. The highest BCUT2D eigenvalue weighted by atomic mass is 16.8. The van der Waals surface area contributed by atoms with Gasteiger partial charge in [0.1, 0.15) is 122 Å². The Kier molecular flexibility index (Phi) is 17.1. The van der Waals surface area contributed by atoms with Gasteiger partial charge in [-0.05, 0) is 0 Å². The van der Waals surface area contributed by atoms with E-state index in [1.807, 2.05) is 0 Å². The van der Waals surface area contributed by atoms with Crippen molar-refractivity contribution in [3.63, 3.8) is 0 Å². The first-order valence-electron chi connectivity index (χ1n) is 18.6. The van der Waals surface area contributed by atoms with Gasteiger partial charge in [-0.25, -0.2) is 0 Å². The molecule has 0 spiro atoms. The number of aliphatic hydroxyl groups excluding tert-OH is 16. The van der Waals surface area contributed by atoms with Gasteiger partial charge in [0.25, 0.3) is 0 Å². The summed E-state index contributed by atoms with van der Waals surface area (Å²) < 4.78 is 50.5. The molecule has 59 heavy (non-hydrogen) atoms. The van der Waals surface area contributed by atoms with Crippen LogP contribution in [-0.2, 0) is 47.4 Å². The second-order valence-corrected chi connectivity index (χ2v) is 14.7. The average Bonchev–Trinajstić information content (AvgIpc) is 3.21. The minimum atomic E-state index is -2.12. The molecule has 27 heteroatoms. The fraction of sp³-hybridized carbons (Fsp3) is 0.969. The Balaban J connectivity index is 1.36. The molecule has 0 aromatic heterocycles. The monoisotopic (exact) mass is 869 g/mol. The highest BCUT2D eigenvalue weighted by molar-refractivity contribution is 5.73. The molecule has 10 unspecified atom stereocenters. The predicted octanol–water partition coefficient (Wildman–Crippen LogP) is -11.8. The molecule has 0 aromatic rings. The van der Waals surface area contributed by atoms with E-state index in [-0.39, 0.29) is 0 Å². The molecule has 25 atom stereocenters. The van der Waals surface area contributed by atoms with Crippen LogP contribution in [0.5, 0.6) is 0 Å². The van der Waals surface area contributed by atoms with E-state index in [0.29, 0.717) is 0 Å². The fourth-order valence-corrected chi connectivity index (χ4v) is 7.31. The number of rotatable bonds is 14. The smallest absolute Gasteiger partial charge is 0.217 e. The van der Waals surface area contributed by atoms with Crippen LogP contribution in [0.15, 0.2) is 0 Å². The summed E-state index contributed by atoms with van der Waals surface area (Å²) in [7, 11) is 0. The van der Waals surface area contributed by atoms with Crippen LogP contribution < -0.4 is 5.32 Å². The summed E-state index contributed by atoms with van der Waals surface area (Å²) in [6, 6.07) is -1.68.